The van der Waals surface area contributed by atoms with E-state index in [2.05, 4.69) is 5.32 Å². The standard InChI is InChI=1S/C11H22ClNO/c1-14-9-5-4-8-13-11(10-12)6-2-3-7-11/h13H,2-10H2,1H3. The molecule has 1 rings (SSSR count). The zero-order valence-corrected chi connectivity index (χ0v) is 9.91. The van der Waals surface area contributed by atoms with Crippen LogP contribution in [-0.4, -0.2) is 31.7 Å². The number of halogens is 1. The van der Waals surface area contributed by atoms with Crippen molar-refractivity contribution < 1.29 is 4.74 Å². The lowest BCUT2D eigenvalue weighted by Gasteiger charge is -2.28. The Morgan fingerprint density at radius 1 is 1.29 bits per heavy atom. The Kier molecular flexibility index (Phi) is 5.83. The number of alkyl halides is 1. The van der Waals surface area contributed by atoms with Crippen molar-refractivity contribution in [1.29, 1.82) is 0 Å². The molecule has 0 bridgehead atoms. The maximum atomic E-state index is 6.02. The minimum atomic E-state index is 0.259. The van der Waals surface area contributed by atoms with Crippen LogP contribution in [0, 0.1) is 0 Å². The predicted molar refractivity (Wildman–Crippen MR) is 61.0 cm³/mol. The molecule has 1 N–H and O–H groups in total. The second-order valence-corrected chi connectivity index (χ2v) is 4.52. The van der Waals surface area contributed by atoms with Gasteiger partial charge in [-0.2, -0.15) is 0 Å². The van der Waals surface area contributed by atoms with E-state index < -0.39 is 0 Å². The van der Waals surface area contributed by atoms with Crippen molar-refractivity contribution in [3.63, 3.8) is 0 Å². The average Bonchev–Trinajstić information content (AvgIpc) is 2.67. The van der Waals surface area contributed by atoms with Crippen LogP contribution in [0.3, 0.4) is 0 Å². The van der Waals surface area contributed by atoms with Gasteiger partial charge in [-0.3, -0.25) is 0 Å². The van der Waals surface area contributed by atoms with Crippen molar-refractivity contribution in [2.75, 3.05) is 26.1 Å². The highest BCUT2D eigenvalue weighted by atomic mass is 35.5. The Bertz CT molecular complexity index is 146. The topological polar surface area (TPSA) is 21.3 Å². The zero-order chi connectivity index (χ0) is 10.3. The molecule has 0 saturated heterocycles. The second-order valence-electron chi connectivity index (χ2n) is 4.25. The molecule has 0 heterocycles. The molecule has 1 aliphatic rings. The van der Waals surface area contributed by atoms with Gasteiger partial charge in [0.2, 0.25) is 0 Å². The van der Waals surface area contributed by atoms with E-state index in [1.807, 2.05) is 0 Å². The summed E-state index contributed by atoms with van der Waals surface area (Å²) >= 11 is 6.02. The number of unbranched alkanes of at least 4 members (excludes halogenated alkanes) is 1. The summed E-state index contributed by atoms with van der Waals surface area (Å²) in [4.78, 5) is 0. The average molecular weight is 220 g/mol. The normalized spacial score (nSPS) is 20.1. The summed E-state index contributed by atoms with van der Waals surface area (Å²) in [6.07, 6.45) is 7.49. The molecule has 0 unspecified atom stereocenters. The lowest BCUT2D eigenvalue weighted by Crippen LogP contribution is -2.44. The van der Waals surface area contributed by atoms with Crippen LogP contribution in [0.4, 0.5) is 0 Å². The van der Waals surface area contributed by atoms with E-state index in [9.17, 15) is 0 Å². The molecular weight excluding hydrogens is 198 g/mol. The van der Waals surface area contributed by atoms with E-state index in [1.165, 1.54) is 32.1 Å². The van der Waals surface area contributed by atoms with E-state index in [1.54, 1.807) is 7.11 Å². The van der Waals surface area contributed by atoms with Gasteiger partial charge < -0.3 is 10.1 Å². The van der Waals surface area contributed by atoms with E-state index in [0.717, 1.165) is 25.5 Å². The smallest absolute Gasteiger partial charge is 0.0462 e. The first kappa shape index (κ1) is 12.3. The van der Waals surface area contributed by atoms with Gasteiger partial charge in [-0.05, 0) is 32.2 Å². The van der Waals surface area contributed by atoms with Crippen molar-refractivity contribution in [3.8, 4) is 0 Å². The maximum absolute atomic E-state index is 6.02. The number of methoxy groups -OCH3 is 1. The lowest BCUT2D eigenvalue weighted by molar-refractivity contribution is 0.191. The highest BCUT2D eigenvalue weighted by Crippen LogP contribution is 2.30. The van der Waals surface area contributed by atoms with Crippen LogP contribution in [0.1, 0.15) is 38.5 Å². The van der Waals surface area contributed by atoms with Crippen LogP contribution in [-0.2, 0) is 4.74 Å². The Morgan fingerprint density at radius 2 is 2.00 bits per heavy atom. The SMILES string of the molecule is COCCCCNC1(CCl)CCCC1. The molecule has 1 aliphatic carbocycles. The first-order valence-electron chi connectivity index (χ1n) is 5.63. The third-order valence-corrected chi connectivity index (χ3v) is 3.60. The molecule has 1 saturated carbocycles. The molecule has 84 valence electrons. The third kappa shape index (κ3) is 3.76. The molecule has 1 fully saturated rings. The number of hydrogen-bond acceptors (Lipinski definition) is 2. The van der Waals surface area contributed by atoms with Gasteiger partial charge in [-0.15, -0.1) is 11.6 Å². The Balaban J connectivity index is 2.08. The monoisotopic (exact) mass is 219 g/mol. The summed E-state index contributed by atoms with van der Waals surface area (Å²) in [5, 5.41) is 3.62. The minimum Gasteiger partial charge on any atom is -0.385 e. The van der Waals surface area contributed by atoms with Gasteiger partial charge in [0.05, 0.1) is 0 Å². The van der Waals surface area contributed by atoms with Crippen LogP contribution < -0.4 is 5.32 Å². The van der Waals surface area contributed by atoms with Crippen molar-refractivity contribution in [1.82, 2.24) is 5.32 Å². The molecular formula is C11H22ClNO. The quantitative estimate of drug-likeness (QED) is 0.525. The van der Waals surface area contributed by atoms with Crippen LogP contribution in [0.2, 0.25) is 0 Å². The molecule has 0 aromatic carbocycles. The first-order valence-corrected chi connectivity index (χ1v) is 6.16. The van der Waals surface area contributed by atoms with Crippen LogP contribution in [0.25, 0.3) is 0 Å². The van der Waals surface area contributed by atoms with Crippen LogP contribution >= 0.6 is 11.6 Å². The summed E-state index contributed by atoms with van der Waals surface area (Å²) < 4.78 is 5.01. The van der Waals surface area contributed by atoms with Crippen molar-refractivity contribution in [2.24, 2.45) is 0 Å². The fourth-order valence-corrected chi connectivity index (χ4v) is 2.50. The molecule has 14 heavy (non-hydrogen) atoms. The van der Waals surface area contributed by atoms with E-state index >= 15 is 0 Å². The molecule has 0 amide bonds. The Hall–Kier alpha value is 0.210. The van der Waals surface area contributed by atoms with Gasteiger partial charge in [0.1, 0.15) is 0 Å². The van der Waals surface area contributed by atoms with Gasteiger partial charge in [0, 0.05) is 25.1 Å². The van der Waals surface area contributed by atoms with E-state index in [0.29, 0.717) is 0 Å². The molecule has 0 atom stereocenters. The predicted octanol–water partition coefficient (Wildman–Crippen LogP) is 2.55. The molecule has 0 radical (unpaired) electrons. The fraction of sp³-hybridized carbons (Fsp3) is 1.00. The van der Waals surface area contributed by atoms with Crippen molar-refractivity contribution >= 4 is 11.6 Å². The largest absolute Gasteiger partial charge is 0.385 e. The lowest BCUT2D eigenvalue weighted by atomic mass is 10.0. The Morgan fingerprint density at radius 3 is 2.57 bits per heavy atom. The fourth-order valence-electron chi connectivity index (χ4n) is 2.13. The maximum Gasteiger partial charge on any atom is 0.0462 e. The number of hydrogen-bond donors (Lipinski definition) is 1. The van der Waals surface area contributed by atoms with Gasteiger partial charge in [0.25, 0.3) is 0 Å². The van der Waals surface area contributed by atoms with Crippen LogP contribution in [0.15, 0.2) is 0 Å². The third-order valence-electron chi connectivity index (χ3n) is 3.09. The zero-order valence-electron chi connectivity index (χ0n) is 9.15. The van der Waals surface area contributed by atoms with Crippen molar-refractivity contribution in [2.45, 2.75) is 44.1 Å². The highest BCUT2D eigenvalue weighted by Gasteiger charge is 2.31. The molecule has 0 aromatic rings. The highest BCUT2D eigenvalue weighted by molar-refractivity contribution is 6.18. The Labute approximate surface area is 92.3 Å². The summed E-state index contributed by atoms with van der Waals surface area (Å²) in [7, 11) is 1.75. The minimum absolute atomic E-state index is 0.259. The van der Waals surface area contributed by atoms with Crippen molar-refractivity contribution in [3.05, 3.63) is 0 Å². The molecule has 0 aromatic heterocycles. The molecule has 2 nitrogen and oxygen atoms in total. The summed E-state index contributed by atoms with van der Waals surface area (Å²) in [6, 6.07) is 0. The van der Waals surface area contributed by atoms with Gasteiger partial charge in [-0.1, -0.05) is 12.8 Å². The van der Waals surface area contributed by atoms with E-state index in [4.69, 9.17) is 16.3 Å². The van der Waals surface area contributed by atoms with Crippen LogP contribution in [0.5, 0.6) is 0 Å². The number of rotatable bonds is 7. The van der Waals surface area contributed by atoms with Gasteiger partial charge >= 0.3 is 0 Å². The summed E-state index contributed by atoms with van der Waals surface area (Å²) in [5.74, 6) is 0.761. The first-order chi connectivity index (χ1) is 6.83. The number of nitrogens with one attached hydrogen (secondary N) is 1. The van der Waals surface area contributed by atoms with E-state index in [-0.39, 0.29) is 5.54 Å². The summed E-state index contributed by atoms with van der Waals surface area (Å²) in [5.41, 5.74) is 0.259. The molecule has 0 aliphatic heterocycles. The second kappa shape index (κ2) is 6.65. The van der Waals surface area contributed by atoms with Gasteiger partial charge in [0.15, 0.2) is 0 Å². The van der Waals surface area contributed by atoms with Gasteiger partial charge in [-0.25, -0.2) is 0 Å². The summed E-state index contributed by atoms with van der Waals surface area (Å²) in [6.45, 7) is 1.95. The number of ether oxygens (including phenoxy) is 1. The molecule has 3 heteroatoms. The molecule has 0 spiro atoms.